The molecule has 4 saturated carbocycles. The Hall–Kier alpha value is -0.290. The minimum absolute atomic E-state index is 0.0327. The van der Waals surface area contributed by atoms with E-state index in [2.05, 4.69) is 0 Å². The number of hydrogen-bond acceptors (Lipinski definition) is 2. The zero-order valence-electron chi connectivity index (χ0n) is 17.0. The first-order valence-corrected chi connectivity index (χ1v) is 11.3. The summed E-state index contributed by atoms with van der Waals surface area (Å²) in [7, 11) is 0. The predicted octanol–water partition coefficient (Wildman–Crippen LogP) is 6.80. The molecule has 0 aliphatic heterocycles. The molecule has 0 heterocycles. The molecule has 30 heavy (non-hydrogen) atoms. The Morgan fingerprint density at radius 3 is 1.67 bits per heavy atom. The van der Waals surface area contributed by atoms with E-state index >= 15 is 0 Å². The van der Waals surface area contributed by atoms with Crippen molar-refractivity contribution in [2.24, 2.45) is 29.6 Å². The summed E-state index contributed by atoms with van der Waals surface area (Å²) in [5.41, 5.74) is -6.42. The summed E-state index contributed by atoms with van der Waals surface area (Å²) < 4.78 is 96.1. The van der Waals surface area contributed by atoms with Gasteiger partial charge >= 0.3 is 24.0 Å². The molecule has 1 unspecified atom stereocenters. The van der Waals surface area contributed by atoms with Crippen molar-refractivity contribution in [1.29, 1.82) is 0 Å². The summed E-state index contributed by atoms with van der Waals surface area (Å²) >= 11 is 1.18. The maximum atomic E-state index is 14.3. The smallest absolute Gasteiger partial charge is 0.431 e. The van der Waals surface area contributed by atoms with Gasteiger partial charge in [0.15, 0.2) is 0 Å². The van der Waals surface area contributed by atoms with Crippen molar-refractivity contribution < 1.29 is 40.3 Å². The van der Waals surface area contributed by atoms with Gasteiger partial charge in [-0.2, -0.15) is 26.3 Å². The molecule has 4 fully saturated rings. The summed E-state index contributed by atoms with van der Waals surface area (Å²) in [6.45, 7) is 4.61. The standard InChI is InChI=1S/C20H26F7IO2/c1-10(2)18(13-5-11-4-12(7-13)8-14(18)6-11)30-15(29)16(3,28)9-17(21,19(22,23)24)20(25,26)27/h10-14H,4-9H2,1-3H3. The van der Waals surface area contributed by atoms with Gasteiger partial charge in [0.1, 0.15) is 9.02 Å². The van der Waals surface area contributed by atoms with Crippen LogP contribution in [0.4, 0.5) is 30.7 Å². The molecule has 0 spiro atoms. The molecule has 0 aromatic rings. The highest BCUT2D eigenvalue weighted by Gasteiger charge is 2.74. The van der Waals surface area contributed by atoms with Gasteiger partial charge in [-0.15, -0.1) is 0 Å². The second-order valence-electron chi connectivity index (χ2n) is 9.87. The normalized spacial score (nSPS) is 36.1. The topological polar surface area (TPSA) is 26.3 Å². The Bertz CT molecular complexity index is 642. The van der Waals surface area contributed by atoms with Crippen LogP contribution in [-0.2, 0) is 9.53 Å². The van der Waals surface area contributed by atoms with Crippen LogP contribution in [0.1, 0.15) is 59.3 Å². The van der Waals surface area contributed by atoms with Crippen LogP contribution in [-0.4, -0.2) is 33.0 Å². The van der Waals surface area contributed by atoms with E-state index in [1.807, 2.05) is 13.8 Å². The summed E-state index contributed by atoms with van der Waals surface area (Å²) in [4.78, 5) is 13.0. The molecule has 0 aromatic carbocycles. The van der Waals surface area contributed by atoms with Crippen LogP contribution < -0.4 is 0 Å². The van der Waals surface area contributed by atoms with Gasteiger partial charge in [-0.3, -0.25) is 4.79 Å². The number of esters is 1. The van der Waals surface area contributed by atoms with Crippen molar-refractivity contribution >= 4 is 28.6 Å². The quantitative estimate of drug-likeness (QED) is 0.161. The fraction of sp³-hybridized carbons (Fsp3) is 0.950. The van der Waals surface area contributed by atoms with Gasteiger partial charge < -0.3 is 4.74 Å². The summed E-state index contributed by atoms with van der Waals surface area (Å²) in [6.07, 6.45) is -9.99. The maximum Gasteiger partial charge on any atom is 0.431 e. The molecular weight excluding hydrogens is 532 g/mol. The molecule has 0 radical (unpaired) electrons. The van der Waals surface area contributed by atoms with E-state index in [-0.39, 0.29) is 17.8 Å². The first-order valence-electron chi connectivity index (χ1n) is 10.2. The minimum Gasteiger partial charge on any atom is -0.457 e. The second kappa shape index (κ2) is 7.37. The van der Waals surface area contributed by atoms with Gasteiger partial charge in [0.25, 0.3) is 0 Å². The monoisotopic (exact) mass is 558 g/mol. The fourth-order valence-corrected chi connectivity index (χ4v) is 6.94. The predicted molar refractivity (Wildman–Crippen MR) is 104 cm³/mol. The van der Waals surface area contributed by atoms with Crippen LogP contribution >= 0.6 is 22.6 Å². The van der Waals surface area contributed by atoms with E-state index in [0.717, 1.165) is 39.0 Å². The zero-order valence-corrected chi connectivity index (χ0v) is 19.1. The highest BCUT2D eigenvalue weighted by molar-refractivity contribution is 14.1. The summed E-state index contributed by atoms with van der Waals surface area (Å²) in [5.74, 6) is -0.240. The third-order valence-corrected chi connectivity index (χ3v) is 8.31. The lowest BCUT2D eigenvalue weighted by atomic mass is 9.47. The van der Waals surface area contributed by atoms with E-state index in [4.69, 9.17) is 4.74 Å². The number of alkyl halides is 8. The molecule has 4 rings (SSSR count). The Morgan fingerprint density at radius 1 is 0.933 bits per heavy atom. The van der Waals surface area contributed by atoms with E-state index in [1.165, 1.54) is 22.6 Å². The molecule has 4 aliphatic rings. The first-order chi connectivity index (χ1) is 13.4. The van der Waals surface area contributed by atoms with Crippen LogP contribution in [0, 0.1) is 29.6 Å². The number of rotatable bonds is 5. The largest absolute Gasteiger partial charge is 0.457 e. The lowest BCUT2D eigenvalue weighted by Gasteiger charge is -2.62. The molecular formula is C20H26F7IO2. The maximum absolute atomic E-state index is 14.3. The number of halogens is 8. The third-order valence-electron chi connectivity index (χ3n) is 7.49. The van der Waals surface area contributed by atoms with Gasteiger partial charge in [0.2, 0.25) is 0 Å². The van der Waals surface area contributed by atoms with E-state index in [0.29, 0.717) is 11.8 Å². The molecule has 174 valence electrons. The zero-order chi connectivity index (χ0) is 22.9. The third kappa shape index (κ3) is 3.74. The highest BCUT2D eigenvalue weighted by atomic mass is 127. The van der Waals surface area contributed by atoms with E-state index in [9.17, 15) is 35.5 Å². The number of hydrogen-bond donors (Lipinski definition) is 0. The van der Waals surface area contributed by atoms with Crippen molar-refractivity contribution in [1.82, 2.24) is 0 Å². The van der Waals surface area contributed by atoms with Crippen molar-refractivity contribution in [2.75, 3.05) is 0 Å². The molecule has 0 aromatic heterocycles. The fourth-order valence-electron chi connectivity index (χ4n) is 6.31. The molecule has 1 atom stereocenters. The van der Waals surface area contributed by atoms with Crippen molar-refractivity contribution in [3.63, 3.8) is 0 Å². The Kier molecular flexibility index (Phi) is 5.98. The Morgan fingerprint density at radius 2 is 1.33 bits per heavy atom. The second-order valence-corrected chi connectivity index (χ2v) is 12.3. The van der Waals surface area contributed by atoms with Crippen LogP contribution in [0.2, 0.25) is 0 Å². The minimum atomic E-state index is -6.20. The molecule has 4 bridgehead atoms. The Labute approximate surface area is 184 Å². The molecule has 2 nitrogen and oxygen atoms in total. The molecule has 0 N–H and O–H groups in total. The SMILES string of the molecule is CC(C)C1(OC(=O)C(C)(I)CC(F)(C(F)(F)F)C(F)(F)F)C2CC3CC(C2)CC1C3. The van der Waals surface area contributed by atoms with E-state index < -0.39 is 39.4 Å². The molecule has 0 saturated heterocycles. The number of carbonyl (C=O) groups excluding carboxylic acids is 1. The van der Waals surface area contributed by atoms with Gasteiger partial charge in [0, 0.05) is 6.42 Å². The van der Waals surface area contributed by atoms with Crippen molar-refractivity contribution in [2.45, 2.75) is 86.3 Å². The van der Waals surface area contributed by atoms with Gasteiger partial charge in [0.05, 0.1) is 0 Å². The molecule has 4 aliphatic carbocycles. The average Bonchev–Trinajstić information content (AvgIpc) is 2.54. The number of ether oxygens (including phenoxy) is 1. The lowest BCUT2D eigenvalue weighted by molar-refractivity contribution is -0.344. The van der Waals surface area contributed by atoms with Gasteiger partial charge in [-0.25, -0.2) is 4.39 Å². The summed E-state index contributed by atoms with van der Waals surface area (Å²) in [6, 6.07) is 0. The summed E-state index contributed by atoms with van der Waals surface area (Å²) in [5, 5.41) is 0. The first kappa shape index (κ1) is 24.4. The number of carbonyl (C=O) groups is 1. The van der Waals surface area contributed by atoms with Crippen LogP contribution in [0.15, 0.2) is 0 Å². The molecule has 10 heteroatoms. The average molecular weight is 558 g/mol. The van der Waals surface area contributed by atoms with Crippen LogP contribution in [0.3, 0.4) is 0 Å². The van der Waals surface area contributed by atoms with Gasteiger partial charge in [-0.05, 0) is 68.6 Å². The molecule has 0 amide bonds. The van der Waals surface area contributed by atoms with Crippen LogP contribution in [0.5, 0.6) is 0 Å². The van der Waals surface area contributed by atoms with Crippen LogP contribution in [0.25, 0.3) is 0 Å². The van der Waals surface area contributed by atoms with E-state index in [1.54, 1.807) is 0 Å². The van der Waals surface area contributed by atoms with Crippen molar-refractivity contribution in [3.05, 3.63) is 0 Å². The lowest BCUT2D eigenvalue weighted by Crippen LogP contribution is -2.64. The van der Waals surface area contributed by atoms with Crippen molar-refractivity contribution in [3.8, 4) is 0 Å². The van der Waals surface area contributed by atoms with Gasteiger partial charge in [-0.1, -0.05) is 36.4 Å². The highest BCUT2D eigenvalue weighted by Crippen LogP contribution is 2.62. The Balaban J connectivity index is 1.88.